The Kier molecular flexibility index (Phi) is 13.5. The third-order valence-electron chi connectivity index (χ3n) is 8.79. The number of thioether (sulfide) groups is 2. The van der Waals surface area contributed by atoms with Crippen molar-refractivity contribution in [3.8, 4) is 22.8 Å². The van der Waals surface area contributed by atoms with Crippen LogP contribution in [0.25, 0.3) is 28.3 Å². The SMILES string of the molecule is CCOC(=O)C(C(=O)C(C)(C)SCc1ccc(CO)cc1)c1nc(-c2ccc(Cl)cc2)nn1C.Cn1nc(-c2ccc(Cl)cc2)nc1C1=C(O)C(C)(C)SC1=O. The predicted molar refractivity (Wildman–Crippen MR) is 221 cm³/mol. The quantitative estimate of drug-likeness (QED) is 0.0921. The summed E-state index contributed by atoms with van der Waals surface area (Å²) in [6, 6.07) is 21.7. The number of rotatable bonds is 12. The Labute approximate surface area is 343 Å². The molecule has 0 fully saturated rings. The van der Waals surface area contributed by atoms with Crippen molar-refractivity contribution in [2.75, 3.05) is 6.61 Å². The van der Waals surface area contributed by atoms with Crippen molar-refractivity contribution in [1.29, 1.82) is 0 Å². The highest BCUT2D eigenvalue weighted by atomic mass is 35.5. The Morgan fingerprint density at radius 3 is 1.89 bits per heavy atom. The lowest BCUT2D eigenvalue weighted by atomic mass is 9.93. The number of aliphatic hydroxyl groups excluding tert-OH is 2. The summed E-state index contributed by atoms with van der Waals surface area (Å²) >= 11 is 14.4. The minimum Gasteiger partial charge on any atom is -0.510 e. The van der Waals surface area contributed by atoms with E-state index in [4.69, 9.17) is 27.9 Å². The van der Waals surface area contributed by atoms with Crippen molar-refractivity contribution in [2.45, 2.75) is 62.4 Å². The molecule has 0 saturated carbocycles. The number of esters is 1. The third-order valence-corrected chi connectivity index (χ3v) is 11.8. The largest absolute Gasteiger partial charge is 0.510 e. The fraction of sp³-hybridized carbons (Fsp3) is 0.325. The molecule has 0 saturated heterocycles. The van der Waals surface area contributed by atoms with Gasteiger partial charge in [-0.05, 0) is 94.3 Å². The van der Waals surface area contributed by atoms with Crippen molar-refractivity contribution >= 4 is 69.2 Å². The number of halogens is 2. The average molecular weight is 838 g/mol. The second-order valence-corrected chi connectivity index (χ2v) is 17.8. The fourth-order valence-corrected chi connectivity index (χ4v) is 7.78. The molecule has 6 rings (SSSR count). The van der Waals surface area contributed by atoms with E-state index in [1.807, 2.05) is 36.4 Å². The van der Waals surface area contributed by atoms with Gasteiger partial charge in [-0.2, -0.15) is 10.2 Å². The molecular formula is C40H42Cl2N6O6S2. The second-order valence-electron chi connectivity index (χ2n) is 13.8. The van der Waals surface area contributed by atoms with E-state index in [1.165, 1.54) is 21.1 Å². The zero-order valence-electron chi connectivity index (χ0n) is 31.9. The van der Waals surface area contributed by atoms with E-state index in [-0.39, 0.29) is 41.3 Å². The zero-order valence-corrected chi connectivity index (χ0v) is 35.1. The number of carbonyl (C=O) groups is 3. The molecule has 1 atom stereocenters. The molecule has 1 aliphatic rings. The van der Waals surface area contributed by atoms with Gasteiger partial charge in [-0.3, -0.25) is 19.1 Å². The van der Waals surface area contributed by atoms with E-state index in [0.29, 0.717) is 33.3 Å². The number of aryl methyl sites for hydroxylation is 2. The number of hydrogen-bond donors (Lipinski definition) is 2. The van der Waals surface area contributed by atoms with Crippen LogP contribution in [0.4, 0.5) is 0 Å². The molecule has 294 valence electrons. The number of aromatic nitrogens is 6. The summed E-state index contributed by atoms with van der Waals surface area (Å²) in [5.41, 5.74) is 3.58. The molecule has 1 unspecified atom stereocenters. The lowest BCUT2D eigenvalue weighted by Crippen LogP contribution is -2.38. The minimum absolute atomic E-state index is 0.0195. The minimum atomic E-state index is -1.21. The highest BCUT2D eigenvalue weighted by Crippen LogP contribution is 2.45. The smallest absolute Gasteiger partial charge is 0.324 e. The number of hydrogen-bond acceptors (Lipinski definition) is 12. The number of ketones is 1. The molecule has 3 heterocycles. The first-order valence-corrected chi connectivity index (χ1v) is 20.1. The summed E-state index contributed by atoms with van der Waals surface area (Å²) in [6.07, 6.45) is 0. The van der Waals surface area contributed by atoms with Crippen LogP contribution in [-0.4, -0.2) is 72.7 Å². The van der Waals surface area contributed by atoms with Gasteiger partial charge >= 0.3 is 5.97 Å². The number of Topliss-reactive ketones (excluding diaryl/α,β-unsaturated/α-hetero) is 1. The van der Waals surface area contributed by atoms with Gasteiger partial charge in [0.05, 0.1) is 22.7 Å². The van der Waals surface area contributed by atoms with Gasteiger partial charge < -0.3 is 14.9 Å². The third kappa shape index (κ3) is 9.72. The Balaban J connectivity index is 0.000000234. The first-order valence-electron chi connectivity index (χ1n) is 17.5. The van der Waals surface area contributed by atoms with E-state index in [0.717, 1.165) is 34.0 Å². The van der Waals surface area contributed by atoms with Crippen LogP contribution in [0.5, 0.6) is 0 Å². The molecule has 2 aromatic heterocycles. The van der Waals surface area contributed by atoms with Crippen molar-refractivity contribution in [3.05, 3.63) is 111 Å². The normalized spacial score (nSPS) is 14.4. The van der Waals surface area contributed by atoms with Gasteiger partial charge in [-0.1, -0.05) is 59.2 Å². The second kappa shape index (κ2) is 17.8. The molecule has 0 amide bonds. The molecule has 56 heavy (non-hydrogen) atoms. The van der Waals surface area contributed by atoms with E-state index < -0.39 is 21.4 Å². The van der Waals surface area contributed by atoms with Crippen LogP contribution in [0, 0.1) is 0 Å². The van der Waals surface area contributed by atoms with E-state index in [9.17, 15) is 24.6 Å². The molecule has 0 aliphatic carbocycles. The van der Waals surface area contributed by atoms with E-state index in [2.05, 4.69) is 20.2 Å². The van der Waals surface area contributed by atoms with Crippen molar-refractivity contribution in [3.63, 3.8) is 0 Å². The maximum atomic E-state index is 13.7. The maximum Gasteiger partial charge on any atom is 0.324 e. The summed E-state index contributed by atoms with van der Waals surface area (Å²) in [5.74, 6) is -0.0804. The van der Waals surface area contributed by atoms with Gasteiger partial charge in [0.1, 0.15) is 17.2 Å². The van der Waals surface area contributed by atoms with Gasteiger partial charge in [-0.15, -0.1) is 11.8 Å². The van der Waals surface area contributed by atoms with Gasteiger partial charge in [0, 0.05) is 41.0 Å². The number of benzene rings is 3. The number of ether oxygens (including phenoxy) is 1. The molecule has 12 nitrogen and oxygen atoms in total. The standard InChI is InChI=1S/C25H28ClN3O4S.C15H14ClN3O2S/c1-5-33-24(32)20(23-27-22(28-29(23)4)18-10-12-19(26)13-11-18)21(31)25(2,3)34-15-17-8-6-16(14-30)7-9-17;1-15(2)11(20)10(14(21)22-15)13-17-12(18-19(13)3)8-4-6-9(16)7-5-8/h6-13,20,30H,5,14-15H2,1-4H3;4-7,20H,1-3H3. The summed E-state index contributed by atoms with van der Waals surface area (Å²) < 4.78 is 6.68. The first-order chi connectivity index (χ1) is 26.4. The topological polar surface area (TPSA) is 162 Å². The number of aliphatic hydroxyl groups is 2. The Bertz CT molecular complexity index is 2250. The molecule has 3 aromatic carbocycles. The average Bonchev–Trinajstić information content (AvgIpc) is 3.79. The van der Waals surface area contributed by atoms with Crippen molar-refractivity contribution in [1.82, 2.24) is 29.5 Å². The first kappa shape index (κ1) is 42.7. The Morgan fingerprint density at radius 2 is 1.39 bits per heavy atom. The molecule has 0 radical (unpaired) electrons. The fourth-order valence-electron chi connectivity index (χ4n) is 5.60. The summed E-state index contributed by atoms with van der Waals surface area (Å²) in [4.78, 5) is 47.8. The molecule has 16 heteroatoms. The van der Waals surface area contributed by atoms with E-state index >= 15 is 0 Å². The van der Waals surface area contributed by atoms with Crippen LogP contribution in [0.1, 0.15) is 63.3 Å². The summed E-state index contributed by atoms with van der Waals surface area (Å²) in [5, 5.41) is 29.3. The molecule has 0 bridgehead atoms. The van der Waals surface area contributed by atoms with Crippen LogP contribution in [0.3, 0.4) is 0 Å². The van der Waals surface area contributed by atoms with Crippen molar-refractivity contribution < 1.29 is 29.3 Å². The lowest BCUT2D eigenvalue weighted by molar-refractivity contribution is -0.148. The monoisotopic (exact) mass is 836 g/mol. The molecule has 5 aromatic rings. The van der Waals surface area contributed by atoms with Crippen LogP contribution in [-0.2, 0) is 45.6 Å². The highest BCUT2D eigenvalue weighted by Gasteiger charge is 2.44. The van der Waals surface area contributed by atoms with Crippen LogP contribution >= 0.6 is 46.7 Å². The predicted octanol–water partition coefficient (Wildman–Crippen LogP) is 8.01. The van der Waals surface area contributed by atoms with Crippen LogP contribution in [0.15, 0.2) is 78.6 Å². The maximum absolute atomic E-state index is 13.7. The molecule has 0 spiro atoms. The van der Waals surface area contributed by atoms with Crippen LogP contribution in [0.2, 0.25) is 10.0 Å². The van der Waals surface area contributed by atoms with Gasteiger partial charge in [-0.25, -0.2) is 14.6 Å². The highest BCUT2D eigenvalue weighted by molar-refractivity contribution is 8.16. The number of carbonyl (C=O) groups excluding carboxylic acids is 3. The number of nitrogens with zero attached hydrogens (tertiary/aromatic N) is 6. The Hall–Kier alpha value is -4.47. The van der Waals surface area contributed by atoms with Gasteiger partial charge in [0.15, 0.2) is 29.2 Å². The lowest BCUT2D eigenvalue weighted by Gasteiger charge is -2.26. The molecular weight excluding hydrogens is 796 g/mol. The zero-order chi connectivity index (χ0) is 40.9. The van der Waals surface area contributed by atoms with Crippen molar-refractivity contribution in [2.24, 2.45) is 14.1 Å². The van der Waals surface area contributed by atoms with E-state index in [1.54, 1.807) is 85.1 Å². The van der Waals surface area contributed by atoms with Gasteiger partial charge in [0.25, 0.3) is 0 Å². The summed E-state index contributed by atoms with van der Waals surface area (Å²) in [7, 11) is 3.36. The van der Waals surface area contributed by atoms with Gasteiger partial charge in [0.2, 0.25) is 5.12 Å². The van der Waals surface area contributed by atoms with Crippen LogP contribution < -0.4 is 0 Å². The summed E-state index contributed by atoms with van der Waals surface area (Å²) in [6.45, 7) is 9.02. The molecule has 1 aliphatic heterocycles. The molecule has 2 N–H and O–H groups in total. The Morgan fingerprint density at radius 1 is 0.875 bits per heavy atom.